The van der Waals surface area contributed by atoms with Crippen LogP contribution in [0.3, 0.4) is 0 Å². The first-order valence-corrected chi connectivity index (χ1v) is 12.1. The number of aryl methyl sites for hydroxylation is 1. The molecule has 1 saturated carbocycles. The molecule has 11 heteroatoms. The molecule has 2 atom stereocenters. The van der Waals surface area contributed by atoms with Crippen LogP contribution in [-0.2, 0) is 13.2 Å². The molecular formula is C23H27ClF3N5OS. The Morgan fingerprint density at radius 1 is 1.21 bits per heavy atom. The molecule has 0 N–H and O–H groups in total. The van der Waals surface area contributed by atoms with Crippen molar-refractivity contribution in [2.75, 3.05) is 25.4 Å². The van der Waals surface area contributed by atoms with Crippen LogP contribution in [0.5, 0.6) is 0 Å². The molecule has 3 heterocycles. The Balaban J connectivity index is 0.00000274. The average Bonchev–Trinajstić information content (AvgIpc) is 3.05. The number of hydrogen-bond donors (Lipinski definition) is 0. The molecule has 1 saturated heterocycles. The van der Waals surface area contributed by atoms with E-state index in [1.165, 1.54) is 18.5 Å². The summed E-state index contributed by atoms with van der Waals surface area (Å²) in [6.45, 7) is 4.98. The molecule has 1 spiro atoms. The van der Waals surface area contributed by atoms with Gasteiger partial charge in [-0.1, -0.05) is 23.9 Å². The first kappa shape index (κ1) is 25.1. The Morgan fingerprint density at radius 2 is 1.97 bits per heavy atom. The van der Waals surface area contributed by atoms with Gasteiger partial charge < -0.3 is 13.9 Å². The lowest BCUT2D eigenvalue weighted by atomic mass is 9.97. The summed E-state index contributed by atoms with van der Waals surface area (Å²) in [5.41, 5.74) is 1.51. The molecule has 5 rings (SSSR count). The van der Waals surface area contributed by atoms with Gasteiger partial charge in [-0.3, -0.25) is 0 Å². The third-order valence-corrected chi connectivity index (χ3v) is 8.03. The first-order chi connectivity index (χ1) is 15.8. The highest BCUT2D eigenvalue weighted by Crippen LogP contribution is 2.64. The van der Waals surface area contributed by atoms with E-state index in [-0.39, 0.29) is 17.8 Å². The Morgan fingerprint density at radius 3 is 2.65 bits per heavy atom. The monoisotopic (exact) mass is 513 g/mol. The second-order valence-corrected chi connectivity index (χ2v) is 10.2. The Bertz CT molecular complexity index is 1130. The molecule has 2 aliphatic rings. The van der Waals surface area contributed by atoms with Crippen LogP contribution in [0.1, 0.15) is 42.0 Å². The van der Waals surface area contributed by atoms with Crippen molar-refractivity contribution in [2.24, 2.45) is 12.5 Å². The molecule has 1 aromatic carbocycles. The molecule has 2 fully saturated rings. The fourth-order valence-electron chi connectivity index (χ4n) is 4.96. The van der Waals surface area contributed by atoms with Gasteiger partial charge in [0.25, 0.3) is 0 Å². The van der Waals surface area contributed by atoms with Gasteiger partial charge in [-0.15, -0.1) is 22.6 Å². The van der Waals surface area contributed by atoms with E-state index in [9.17, 15) is 13.2 Å². The summed E-state index contributed by atoms with van der Waals surface area (Å²) >= 11 is 1.68. The third kappa shape index (κ3) is 4.85. The van der Waals surface area contributed by atoms with Gasteiger partial charge in [0.05, 0.1) is 11.3 Å². The van der Waals surface area contributed by atoms with Crippen molar-refractivity contribution in [1.82, 2.24) is 24.6 Å². The zero-order valence-corrected chi connectivity index (χ0v) is 20.6. The van der Waals surface area contributed by atoms with E-state index in [1.54, 1.807) is 23.9 Å². The fourth-order valence-corrected chi connectivity index (χ4v) is 5.79. The molecule has 184 valence electrons. The topological polar surface area (TPSA) is 60.0 Å². The van der Waals surface area contributed by atoms with Gasteiger partial charge in [-0.2, -0.15) is 13.2 Å². The van der Waals surface area contributed by atoms with Gasteiger partial charge >= 0.3 is 6.18 Å². The molecular weight excluding hydrogens is 487 g/mol. The largest absolute Gasteiger partial charge is 0.440 e. The Kier molecular flexibility index (Phi) is 7.04. The molecule has 1 aliphatic heterocycles. The van der Waals surface area contributed by atoms with Crippen LogP contribution in [0.15, 0.2) is 40.2 Å². The Labute approximate surface area is 206 Å². The summed E-state index contributed by atoms with van der Waals surface area (Å²) in [6.07, 6.45) is 0.372. The number of nitrogens with zero attached hydrogens (tertiary/aromatic N) is 5. The number of halogens is 4. The Hall–Kier alpha value is -2.04. The van der Waals surface area contributed by atoms with Crippen LogP contribution >= 0.6 is 24.2 Å². The maximum absolute atomic E-state index is 12.8. The van der Waals surface area contributed by atoms with Crippen molar-refractivity contribution in [3.05, 3.63) is 47.5 Å². The molecule has 0 radical (unpaired) electrons. The highest BCUT2D eigenvalue weighted by atomic mass is 35.5. The minimum absolute atomic E-state index is 0. The van der Waals surface area contributed by atoms with Gasteiger partial charge in [-0.25, -0.2) is 4.98 Å². The van der Waals surface area contributed by atoms with E-state index in [4.69, 9.17) is 4.42 Å². The van der Waals surface area contributed by atoms with Crippen molar-refractivity contribution < 1.29 is 17.6 Å². The van der Waals surface area contributed by atoms with Crippen LogP contribution < -0.4 is 0 Å². The highest BCUT2D eigenvalue weighted by molar-refractivity contribution is 7.99. The average molecular weight is 514 g/mol. The smallest absolute Gasteiger partial charge is 0.416 e. The molecule has 2 unspecified atom stereocenters. The number of rotatable bonds is 7. The molecule has 0 bridgehead atoms. The van der Waals surface area contributed by atoms with E-state index in [0.717, 1.165) is 61.1 Å². The second kappa shape index (κ2) is 9.54. The number of oxazole rings is 1. The van der Waals surface area contributed by atoms with Gasteiger partial charge in [0.15, 0.2) is 17.3 Å². The SMILES string of the molecule is Cc1ncoc1-c1nnc(SCCCN2CCC3(CC3c3ccc(C(F)(F)F)cc3)C2)n1C.Cl. The van der Waals surface area contributed by atoms with Crippen LogP contribution in [0, 0.1) is 12.3 Å². The second-order valence-electron chi connectivity index (χ2n) is 9.10. The van der Waals surface area contributed by atoms with Gasteiger partial charge in [-0.05, 0) is 68.3 Å². The first-order valence-electron chi connectivity index (χ1n) is 11.1. The molecule has 2 aromatic heterocycles. The van der Waals surface area contributed by atoms with Crippen LogP contribution in [0.4, 0.5) is 13.2 Å². The molecule has 6 nitrogen and oxygen atoms in total. The number of likely N-dealkylation sites (tertiary alicyclic amines) is 1. The van der Waals surface area contributed by atoms with Crippen molar-refractivity contribution in [2.45, 2.75) is 43.4 Å². The summed E-state index contributed by atoms with van der Waals surface area (Å²) in [5.74, 6) is 2.65. The van der Waals surface area contributed by atoms with E-state index < -0.39 is 11.7 Å². The molecule has 1 aliphatic carbocycles. The number of benzene rings is 1. The lowest BCUT2D eigenvalue weighted by Gasteiger charge is -2.16. The summed E-state index contributed by atoms with van der Waals surface area (Å²) in [6, 6.07) is 5.76. The normalized spacial score (nSPS) is 22.3. The maximum atomic E-state index is 12.8. The van der Waals surface area contributed by atoms with Crippen molar-refractivity contribution >= 4 is 24.2 Å². The number of thioether (sulfide) groups is 1. The predicted octanol–water partition coefficient (Wildman–Crippen LogP) is 5.58. The summed E-state index contributed by atoms with van der Waals surface area (Å²) in [5, 5.41) is 9.38. The molecule has 0 amide bonds. The summed E-state index contributed by atoms with van der Waals surface area (Å²) < 4.78 is 45.8. The van der Waals surface area contributed by atoms with E-state index >= 15 is 0 Å². The van der Waals surface area contributed by atoms with Crippen molar-refractivity contribution in [3.63, 3.8) is 0 Å². The maximum Gasteiger partial charge on any atom is 0.416 e. The van der Waals surface area contributed by atoms with E-state index in [1.807, 2.05) is 18.5 Å². The standard InChI is InChI=1S/C23H26F3N5OS.ClH/c1-15-19(32-14-27-15)20-28-29-21(30(20)2)33-11-3-9-31-10-8-22(13-31)12-18(22)16-4-6-17(7-5-16)23(24,25)26;/h4-7,14,18H,3,8-13H2,1-2H3;1H. The van der Waals surface area contributed by atoms with Crippen LogP contribution in [-0.4, -0.2) is 50.0 Å². The zero-order valence-electron chi connectivity index (χ0n) is 19.0. The lowest BCUT2D eigenvalue weighted by Crippen LogP contribution is -2.23. The molecule has 3 aromatic rings. The summed E-state index contributed by atoms with van der Waals surface area (Å²) in [4.78, 5) is 6.60. The fraction of sp³-hybridized carbons (Fsp3) is 0.522. The third-order valence-electron chi connectivity index (χ3n) is 6.93. The van der Waals surface area contributed by atoms with Crippen LogP contribution in [0.2, 0.25) is 0 Å². The zero-order chi connectivity index (χ0) is 23.2. The minimum atomic E-state index is -4.27. The minimum Gasteiger partial charge on any atom is -0.440 e. The van der Waals surface area contributed by atoms with Gasteiger partial charge in [0, 0.05) is 19.3 Å². The van der Waals surface area contributed by atoms with Gasteiger partial charge in [0.2, 0.25) is 5.82 Å². The van der Waals surface area contributed by atoms with E-state index in [0.29, 0.717) is 17.5 Å². The number of alkyl halides is 3. The summed E-state index contributed by atoms with van der Waals surface area (Å²) in [7, 11) is 1.93. The number of hydrogen-bond acceptors (Lipinski definition) is 6. The van der Waals surface area contributed by atoms with Crippen molar-refractivity contribution in [3.8, 4) is 11.6 Å². The van der Waals surface area contributed by atoms with Crippen LogP contribution in [0.25, 0.3) is 11.6 Å². The van der Waals surface area contributed by atoms with Gasteiger partial charge in [0.1, 0.15) is 0 Å². The number of aromatic nitrogens is 4. The highest BCUT2D eigenvalue weighted by Gasteiger charge is 2.57. The predicted molar refractivity (Wildman–Crippen MR) is 126 cm³/mol. The van der Waals surface area contributed by atoms with Crippen molar-refractivity contribution in [1.29, 1.82) is 0 Å². The molecule has 34 heavy (non-hydrogen) atoms. The lowest BCUT2D eigenvalue weighted by molar-refractivity contribution is -0.137. The van der Waals surface area contributed by atoms with E-state index in [2.05, 4.69) is 20.1 Å². The quantitative estimate of drug-likeness (QED) is 0.303.